The molecule has 1 aliphatic rings. The van der Waals surface area contributed by atoms with Gasteiger partial charge in [-0.3, -0.25) is 0 Å². The highest BCUT2D eigenvalue weighted by molar-refractivity contribution is 5.65. The Labute approximate surface area is 118 Å². The molecule has 0 heterocycles. The number of hydrogen-bond acceptors (Lipinski definition) is 0. The lowest BCUT2D eigenvalue weighted by Crippen LogP contribution is -2.33. The maximum absolute atomic E-state index is 2.44. The van der Waals surface area contributed by atoms with Crippen LogP contribution in [0.3, 0.4) is 0 Å². The van der Waals surface area contributed by atoms with Crippen molar-refractivity contribution >= 4 is 5.57 Å². The smallest absolute Gasteiger partial charge is 0.0100 e. The van der Waals surface area contributed by atoms with Gasteiger partial charge in [-0.1, -0.05) is 58.9 Å². The highest BCUT2D eigenvalue weighted by Crippen LogP contribution is 2.46. The van der Waals surface area contributed by atoms with E-state index in [4.69, 9.17) is 0 Å². The van der Waals surface area contributed by atoms with Crippen LogP contribution in [0, 0.1) is 0 Å². The molecule has 19 heavy (non-hydrogen) atoms. The van der Waals surface area contributed by atoms with Crippen LogP contribution in [-0.2, 0) is 10.8 Å². The average Bonchev–Trinajstić information content (AvgIpc) is 2.35. The van der Waals surface area contributed by atoms with Crippen LogP contribution in [0.2, 0.25) is 0 Å². The molecular weight excluding hydrogens is 228 g/mol. The van der Waals surface area contributed by atoms with Gasteiger partial charge in [-0.2, -0.15) is 0 Å². The first-order valence-electron chi connectivity index (χ1n) is 7.60. The normalized spacial score (nSPS) is 21.1. The molecule has 0 saturated carbocycles. The summed E-state index contributed by atoms with van der Waals surface area (Å²) in [5.74, 6) is 0. The van der Waals surface area contributed by atoms with Crippen molar-refractivity contribution in [3.8, 4) is 0 Å². The summed E-state index contributed by atoms with van der Waals surface area (Å²) in [6.45, 7) is 14.0. The molecule has 0 nitrogen and oxygen atoms in total. The van der Waals surface area contributed by atoms with Crippen molar-refractivity contribution in [2.24, 2.45) is 0 Å². The molecule has 1 aromatic rings. The Morgan fingerprint density at radius 3 is 2.21 bits per heavy atom. The number of fused-ring (bicyclic) bond motifs is 1. The van der Waals surface area contributed by atoms with Gasteiger partial charge in [0.25, 0.3) is 0 Å². The number of allylic oxidation sites excluding steroid dienone is 2. The lowest BCUT2D eigenvalue weighted by molar-refractivity contribution is 0.332. The largest absolute Gasteiger partial charge is 0.0813 e. The van der Waals surface area contributed by atoms with Gasteiger partial charge in [0.2, 0.25) is 0 Å². The monoisotopic (exact) mass is 256 g/mol. The van der Waals surface area contributed by atoms with Crippen LogP contribution in [0.15, 0.2) is 24.3 Å². The van der Waals surface area contributed by atoms with E-state index in [0.29, 0.717) is 10.8 Å². The third-order valence-corrected chi connectivity index (χ3v) is 4.82. The molecule has 0 spiro atoms. The van der Waals surface area contributed by atoms with Crippen molar-refractivity contribution in [2.75, 3.05) is 0 Å². The fourth-order valence-electron chi connectivity index (χ4n) is 3.26. The van der Waals surface area contributed by atoms with Crippen molar-refractivity contribution < 1.29 is 0 Å². The van der Waals surface area contributed by atoms with E-state index in [0.717, 1.165) is 6.42 Å². The van der Waals surface area contributed by atoms with Gasteiger partial charge in [0.1, 0.15) is 0 Å². The van der Waals surface area contributed by atoms with Crippen LogP contribution >= 0.6 is 0 Å². The highest BCUT2D eigenvalue weighted by Gasteiger charge is 2.36. The molecule has 0 aromatic heterocycles. The summed E-state index contributed by atoms with van der Waals surface area (Å²) >= 11 is 0. The van der Waals surface area contributed by atoms with Gasteiger partial charge in [-0.05, 0) is 59.3 Å². The van der Waals surface area contributed by atoms with E-state index in [-0.39, 0.29) is 0 Å². The molecule has 0 aliphatic heterocycles. The van der Waals surface area contributed by atoms with Crippen LogP contribution < -0.4 is 0 Å². The zero-order valence-electron chi connectivity index (χ0n) is 13.4. The van der Waals surface area contributed by atoms with E-state index in [9.17, 15) is 0 Å². The van der Waals surface area contributed by atoms with Crippen LogP contribution in [0.5, 0.6) is 0 Å². The minimum Gasteiger partial charge on any atom is -0.0813 e. The van der Waals surface area contributed by atoms with Crippen LogP contribution in [0.4, 0.5) is 0 Å². The molecule has 0 unspecified atom stereocenters. The Balaban J connectivity index is 2.57. The fourth-order valence-corrected chi connectivity index (χ4v) is 3.26. The quantitative estimate of drug-likeness (QED) is 0.622. The maximum atomic E-state index is 2.44. The van der Waals surface area contributed by atoms with E-state index in [1.54, 1.807) is 11.1 Å². The summed E-state index contributed by atoms with van der Waals surface area (Å²) in [5, 5.41) is 0. The molecule has 0 atom stereocenters. The van der Waals surface area contributed by atoms with E-state index in [1.807, 2.05) is 0 Å². The predicted molar refractivity (Wildman–Crippen MR) is 85.7 cm³/mol. The second-order valence-corrected chi connectivity index (χ2v) is 7.32. The molecule has 0 N–H and O–H groups in total. The third-order valence-electron chi connectivity index (χ3n) is 4.82. The van der Waals surface area contributed by atoms with E-state index in [2.05, 4.69) is 65.8 Å². The van der Waals surface area contributed by atoms with Gasteiger partial charge in [0.05, 0.1) is 0 Å². The summed E-state index contributed by atoms with van der Waals surface area (Å²) in [7, 11) is 0. The second kappa shape index (κ2) is 4.81. The Morgan fingerprint density at radius 1 is 1.05 bits per heavy atom. The Morgan fingerprint density at radius 2 is 1.63 bits per heavy atom. The SMILES string of the molecule is CC/C=C(/C)c1ccc2c(c1)C(C)(C)CCC2(C)C. The molecular formula is C19H28. The minimum absolute atomic E-state index is 0.313. The summed E-state index contributed by atoms with van der Waals surface area (Å²) in [5.41, 5.74) is 6.55. The average molecular weight is 256 g/mol. The molecule has 0 fully saturated rings. The zero-order valence-corrected chi connectivity index (χ0v) is 13.4. The lowest BCUT2D eigenvalue weighted by atomic mass is 9.63. The topological polar surface area (TPSA) is 0 Å². The highest BCUT2D eigenvalue weighted by atomic mass is 14.4. The van der Waals surface area contributed by atoms with Gasteiger partial charge in [-0.15, -0.1) is 0 Å². The Kier molecular flexibility index (Phi) is 3.64. The first-order chi connectivity index (χ1) is 8.78. The molecule has 0 amide bonds. The van der Waals surface area contributed by atoms with Gasteiger partial charge in [0, 0.05) is 0 Å². The van der Waals surface area contributed by atoms with Crippen LogP contribution in [-0.4, -0.2) is 0 Å². The summed E-state index contributed by atoms with van der Waals surface area (Å²) in [6, 6.07) is 7.12. The van der Waals surface area contributed by atoms with Crippen molar-refractivity contribution in [1.29, 1.82) is 0 Å². The van der Waals surface area contributed by atoms with Gasteiger partial charge in [-0.25, -0.2) is 0 Å². The molecule has 0 heteroatoms. The van der Waals surface area contributed by atoms with Gasteiger partial charge >= 0.3 is 0 Å². The number of rotatable bonds is 2. The Hall–Kier alpha value is -1.04. The van der Waals surface area contributed by atoms with Gasteiger partial charge < -0.3 is 0 Å². The molecule has 104 valence electrons. The molecule has 1 aromatic carbocycles. The second-order valence-electron chi connectivity index (χ2n) is 7.32. The maximum Gasteiger partial charge on any atom is -0.0100 e. The standard InChI is InChI=1S/C19H28/c1-7-8-14(2)15-9-10-16-17(13-15)19(5,6)12-11-18(16,3)4/h8-10,13H,7,11-12H2,1-6H3/b14-8-. The fraction of sp³-hybridized carbons (Fsp3) is 0.579. The van der Waals surface area contributed by atoms with Crippen molar-refractivity contribution in [2.45, 2.75) is 71.6 Å². The molecule has 0 saturated heterocycles. The first kappa shape index (κ1) is 14.4. The molecule has 0 radical (unpaired) electrons. The van der Waals surface area contributed by atoms with E-state index >= 15 is 0 Å². The van der Waals surface area contributed by atoms with E-state index < -0.39 is 0 Å². The van der Waals surface area contributed by atoms with Gasteiger partial charge in [0.15, 0.2) is 0 Å². The summed E-state index contributed by atoms with van der Waals surface area (Å²) in [4.78, 5) is 0. The third kappa shape index (κ3) is 2.63. The molecule has 2 rings (SSSR count). The van der Waals surface area contributed by atoms with Crippen LogP contribution in [0.1, 0.15) is 77.5 Å². The van der Waals surface area contributed by atoms with E-state index in [1.165, 1.54) is 24.0 Å². The summed E-state index contributed by atoms with van der Waals surface area (Å²) in [6.07, 6.45) is 6.00. The first-order valence-corrected chi connectivity index (χ1v) is 7.60. The predicted octanol–water partition coefficient (Wildman–Crippen LogP) is 5.85. The number of hydrogen-bond donors (Lipinski definition) is 0. The Bertz CT molecular complexity index is 501. The van der Waals surface area contributed by atoms with Crippen molar-refractivity contribution in [1.82, 2.24) is 0 Å². The minimum atomic E-state index is 0.313. The molecule has 0 bridgehead atoms. The van der Waals surface area contributed by atoms with Crippen molar-refractivity contribution in [3.05, 3.63) is 41.0 Å². The molecule has 1 aliphatic carbocycles. The van der Waals surface area contributed by atoms with Crippen molar-refractivity contribution in [3.63, 3.8) is 0 Å². The zero-order chi connectivity index (χ0) is 14.3. The number of benzene rings is 1. The van der Waals surface area contributed by atoms with Crippen LogP contribution in [0.25, 0.3) is 5.57 Å². The summed E-state index contributed by atoms with van der Waals surface area (Å²) < 4.78 is 0. The lowest BCUT2D eigenvalue weighted by Gasteiger charge is -2.42.